The van der Waals surface area contributed by atoms with E-state index in [1.165, 1.54) is 30.4 Å². The summed E-state index contributed by atoms with van der Waals surface area (Å²) < 4.78 is 0. The molecule has 0 saturated carbocycles. The van der Waals surface area contributed by atoms with Crippen molar-refractivity contribution >= 4 is 0 Å². The van der Waals surface area contributed by atoms with Crippen molar-refractivity contribution in [3.63, 3.8) is 0 Å². The Morgan fingerprint density at radius 2 is 1.73 bits per heavy atom. The van der Waals surface area contributed by atoms with Crippen molar-refractivity contribution in [3.8, 4) is 0 Å². The first-order chi connectivity index (χ1) is 7.02. The fourth-order valence-corrected chi connectivity index (χ4v) is 0.654. The standard InChI is InChI=1S/C8H10N2O5/c11-8(7-10(14)15)5-3-1-2-4-6-9(12)13/h1-6,8,11H,7H2/b2-1-,5-3+,6-4+. The fourth-order valence-electron chi connectivity index (χ4n) is 0.654. The summed E-state index contributed by atoms with van der Waals surface area (Å²) >= 11 is 0. The van der Waals surface area contributed by atoms with E-state index in [4.69, 9.17) is 5.11 Å². The Kier molecular flexibility index (Phi) is 6.39. The van der Waals surface area contributed by atoms with E-state index in [2.05, 4.69) is 0 Å². The molecule has 82 valence electrons. The number of aliphatic hydroxyl groups excluding tert-OH is 1. The predicted molar refractivity (Wildman–Crippen MR) is 52.3 cm³/mol. The zero-order chi connectivity index (χ0) is 11.7. The molecule has 0 aliphatic rings. The third-order valence-electron chi connectivity index (χ3n) is 1.21. The van der Waals surface area contributed by atoms with Crippen LogP contribution in [-0.4, -0.2) is 27.6 Å². The van der Waals surface area contributed by atoms with Crippen LogP contribution in [0.5, 0.6) is 0 Å². The molecule has 0 aromatic carbocycles. The summed E-state index contributed by atoms with van der Waals surface area (Å²) in [6.45, 7) is -0.560. The van der Waals surface area contributed by atoms with Gasteiger partial charge in [-0.25, -0.2) is 0 Å². The number of nitro groups is 2. The molecule has 15 heavy (non-hydrogen) atoms. The molecule has 1 N–H and O–H groups in total. The Morgan fingerprint density at radius 1 is 1.13 bits per heavy atom. The van der Waals surface area contributed by atoms with E-state index in [9.17, 15) is 20.2 Å². The Morgan fingerprint density at radius 3 is 2.27 bits per heavy atom. The maximum atomic E-state index is 9.93. The highest BCUT2D eigenvalue weighted by atomic mass is 16.6. The van der Waals surface area contributed by atoms with Crippen molar-refractivity contribution in [1.29, 1.82) is 0 Å². The summed E-state index contributed by atoms with van der Waals surface area (Å²) in [5.74, 6) is 0. The molecule has 0 radical (unpaired) electrons. The summed E-state index contributed by atoms with van der Waals surface area (Å²) in [6, 6.07) is 0. The average molecular weight is 214 g/mol. The zero-order valence-corrected chi connectivity index (χ0v) is 7.72. The van der Waals surface area contributed by atoms with Gasteiger partial charge in [0.15, 0.2) is 0 Å². The predicted octanol–water partition coefficient (Wildman–Crippen LogP) is 0.527. The third-order valence-corrected chi connectivity index (χ3v) is 1.21. The van der Waals surface area contributed by atoms with Crippen LogP contribution < -0.4 is 0 Å². The van der Waals surface area contributed by atoms with Crippen LogP contribution in [0.3, 0.4) is 0 Å². The summed E-state index contributed by atoms with van der Waals surface area (Å²) in [4.78, 5) is 18.5. The average Bonchev–Trinajstić information content (AvgIpc) is 2.09. The number of aliphatic hydroxyl groups is 1. The smallest absolute Gasteiger partial charge is 0.234 e. The second-order valence-corrected chi connectivity index (χ2v) is 2.48. The molecule has 1 unspecified atom stereocenters. The Bertz CT molecular complexity index is 308. The molecule has 0 saturated heterocycles. The molecule has 0 bridgehead atoms. The van der Waals surface area contributed by atoms with Crippen LogP contribution in [0.15, 0.2) is 36.6 Å². The molecule has 0 aromatic heterocycles. The van der Waals surface area contributed by atoms with E-state index in [0.717, 1.165) is 6.20 Å². The highest BCUT2D eigenvalue weighted by Gasteiger charge is 2.05. The van der Waals surface area contributed by atoms with Gasteiger partial charge in [-0.3, -0.25) is 20.2 Å². The summed E-state index contributed by atoms with van der Waals surface area (Å²) in [5.41, 5.74) is 0. The van der Waals surface area contributed by atoms with Gasteiger partial charge in [0.25, 0.3) is 0 Å². The van der Waals surface area contributed by atoms with Gasteiger partial charge in [0.05, 0.1) is 4.92 Å². The minimum atomic E-state index is -1.15. The molecule has 0 spiro atoms. The maximum Gasteiger partial charge on any atom is 0.234 e. The first kappa shape index (κ1) is 13.0. The van der Waals surface area contributed by atoms with Gasteiger partial charge in [-0.2, -0.15) is 0 Å². The van der Waals surface area contributed by atoms with Crippen molar-refractivity contribution in [1.82, 2.24) is 0 Å². The van der Waals surface area contributed by atoms with Gasteiger partial charge in [0.2, 0.25) is 12.7 Å². The second kappa shape index (κ2) is 7.39. The lowest BCUT2D eigenvalue weighted by Crippen LogP contribution is -2.16. The van der Waals surface area contributed by atoms with Crippen LogP contribution in [0, 0.1) is 20.2 Å². The van der Waals surface area contributed by atoms with Crippen LogP contribution in [-0.2, 0) is 0 Å². The lowest BCUT2D eigenvalue weighted by molar-refractivity contribution is -0.487. The van der Waals surface area contributed by atoms with E-state index in [1.54, 1.807) is 0 Å². The molecule has 0 fully saturated rings. The minimum Gasteiger partial charge on any atom is -0.382 e. The molecule has 0 amide bonds. The topological polar surface area (TPSA) is 107 Å². The molecule has 7 heteroatoms. The molecule has 0 aromatic rings. The van der Waals surface area contributed by atoms with Crippen LogP contribution in [0.4, 0.5) is 0 Å². The largest absolute Gasteiger partial charge is 0.382 e. The summed E-state index contributed by atoms with van der Waals surface area (Å²) in [6.07, 6.45) is 6.19. The van der Waals surface area contributed by atoms with Crippen molar-refractivity contribution in [2.24, 2.45) is 0 Å². The zero-order valence-electron chi connectivity index (χ0n) is 7.72. The quantitative estimate of drug-likeness (QED) is 0.394. The van der Waals surface area contributed by atoms with Gasteiger partial charge < -0.3 is 5.11 Å². The summed E-state index contributed by atoms with van der Waals surface area (Å²) in [5, 5.41) is 28.7. The van der Waals surface area contributed by atoms with E-state index >= 15 is 0 Å². The van der Waals surface area contributed by atoms with E-state index in [0.29, 0.717) is 0 Å². The van der Waals surface area contributed by atoms with Gasteiger partial charge >= 0.3 is 0 Å². The van der Waals surface area contributed by atoms with Crippen molar-refractivity contribution < 1.29 is 15.0 Å². The lowest BCUT2D eigenvalue weighted by atomic mass is 10.3. The molecular formula is C8H10N2O5. The lowest BCUT2D eigenvalue weighted by Gasteiger charge is -1.95. The monoisotopic (exact) mass is 214 g/mol. The Labute approximate surface area is 85.3 Å². The van der Waals surface area contributed by atoms with Crippen molar-refractivity contribution in [3.05, 3.63) is 56.8 Å². The fraction of sp³-hybridized carbons (Fsp3) is 0.250. The SMILES string of the molecule is O=[N+]([O-])/C=C/C=C\C=C\C(O)C[N+](=O)[O-]. The third kappa shape index (κ3) is 9.90. The highest BCUT2D eigenvalue weighted by Crippen LogP contribution is 1.88. The summed E-state index contributed by atoms with van der Waals surface area (Å²) in [7, 11) is 0. The first-order valence-electron chi connectivity index (χ1n) is 3.97. The van der Waals surface area contributed by atoms with Crippen LogP contribution in [0.2, 0.25) is 0 Å². The van der Waals surface area contributed by atoms with Gasteiger partial charge in [-0.15, -0.1) is 0 Å². The number of nitrogens with zero attached hydrogens (tertiary/aromatic N) is 2. The van der Waals surface area contributed by atoms with Crippen molar-refractivity contribution in [2.75, 3.05) is 6.54 Å². The molecule has 0 aliphatic carbocycles. The molecule has 0 aliphatic heterocycles. The number of hydrogen-bond acceptors (Lipinski definition) is 5. The molecule has 0 heterocycles. The van der Waals surface area contributed by atoms with Gasteiger partial charge in [-0.05, 0) is 6.08 Å². The van der Waals surface area contributed by atoms with Crippen molar-refractivity contribution in [2.45, 2.75) is 6.10 Å². The molecular weight excluding hydrogens is 204 g/mol. The number of allylic oxidation sites excluding steroid dienone is 4. The van der Waals surface area contributed by atoms with Gasteiger partial charge in [0.1, 0.15) is 6.10 Å². The van der Waals surface area contributed by atoms with E-state index in [1.807, 2.05) is 0 Å². The van der Waals surface area contributed by atoms with Crippen LogP contribution in [0.1, 0.15) is 0 Å². The van der Waals surface area contributed by atoms with Gasteiger partial charge in [0, 0.05) is 11.0 Å². The van der Waals surface area contributed by atoms with Gasteiger partial charge in [-0.1, -0.05) is 18.2 Å². The Balaban J connectivity index is 3.88. The highest BCUT2D eigenvalue weighted by molar-refractivity contribution is 5.10. The van der Waals surface area contributed by atoms with Crippen LogP contribution >= 0.6 is 0 Å². The van der Waals surface area contributed by atoms with E-state index in [-0.39, 0.29) is 0 Å². The van der Waals surface area contributed by atoms with Crippen LogP contribution in [0.25, 0.3) is 0 Å². The minimum absolute atomic E-state index is 0.560. The number of rotatable bonds is 6. The molecule has 1 atom stereocenters. The van der Waals surface area contributed by atoms with E-state index < -0.39 is 22.5 Å². The number of hydrogen-bond donors (Lipinski definition) is 1. The molecule has 0 rings (SSSR count). The maximum absolute atomic E-state index is 9.93. The second-order valence-electron chi connectivity index (χ2n) is 2.48. The Hall–Kier alpha value is -2.02. The molecule has 7 nitrogen and oxygen atoms in total. The normalized spacial score (nSPS) is 13.9. The first-order valence-corrected chi connectivity index (χ1v) is 3.97.